The summed E-state index contributed by atoms with van der Waals surface area (Å²) in [5.41, 5.74) is 2.25. The predicted octanol–water partition coefficient (Wildman–Crippen LogP) is 2.93. The number of aromatic nitrogens is 3. The molecule has 0 aliphatic carbocycles. The molecule has 2 aromatic rings. The van der Waals surface area contributed by atoms with Crippen molar-refractivity contribution in [2.75, 3.05) is 18.9 Å². The quantitative estimate of drug-likeness (QED) is 0.589. The highest BCUT2D eigenvalue weighted by atomic mass is 32.2. The monoisotopic (exact) mass is 403 g/mol. The number of amides is 1. The molecule has 1 amide bonds. The number of benzene rings is 1. The van der Waals surface area contributed by atoms with Crippen LogP contribution in [0.3, 0.4) is 0 Å². The molecular weight excluding hydrogens is 374 g/mol. The van der Waals surface area contributed by atoms with E-state index < -0.39 is 0 Å². The van der Waals surface area contributed by atoms with Crippen molar-refractivity contribution in [3.8, 4) is 5.75 Å². The first-order chi connectivity index (χ1) is 13.3. The van der Waals surface area contributed by atoms with Crippen LogP contribution in [0.5, 0.6) is 5.75 Å². The van der Waals surface area contributed by atoms with Crippen LogP contribution in [0.25, 0.3) is 0 Å². The number of hydrogen-bond acceptors (Lipinski definition) is 6. The van der Waals surface area contributed by atoms with Gasteiger partial charge in [0.05, 0.1) is 5.25 Å². The zero-order valence-corrected chi connectivity index (χ0v) is 17.8. The molecule has 7 nitrogen and oxygen atoms in total. The highest BCUT2D eigenvalue weighted by Crippen LogP contribution is 2.25. The van der Waals surface area contributed by atoms with Gasteiger partial charge >= 0.3 is 0 Å². The number of nitrogens with zero attached hydrogens (tertiary/aromatic N) is 4. The number of nitrogen functional groups attached to an aromatic ring is 1. The maximum atomic E-state index is 12.7. The number of carbonyl (C=O) groups is 1. The van der Waals surface area contributed by atoms with Crippen LogP contribution in [0.15, 0.2) is 23.4 Å². The standard InChI is InChI=1S/C20H29N5O2S/c1-13-7-9-24(10-8-13)19(26)16(4)28-20-23-22-18(25(20)21)12-27-17-6-5-14(2)11-15(17)3/h5-6,11,13,16H,7-10,12,21H2,1-4H3/t16-/m1/s1. The summed E-state index contributed by atoms with van der Waals surface area (Å²) in [6, 6.07) is 6.02. The molecule has 1 saturated heterocycles. The molecule has 0 saturated carbocycles. The molecule has 1 aliphatic heterocycles. The number of ether oxygens (including phenoxy) is 1. The van der Waals surface area contributed by atoms with Gasteiger partial charge in [0, 0.05) is 13.1 Å². The third kappa shape index (κ3) is 4.79. The largest absolute Gasteiger partial charge is 0.485 e. The molecule has 0 bridgehead atoms. The highest BCUT2D eigenvalue weighted by Gasteiger charge is 2.26. The SMILES string of the molecule is Cc1ccc(OCc2nnc(S[C@H](C)C(=O)N3CCC(C)CC3)n2N)c(C)c1. The summed E-state index contributed by atoms with van der Waals surface area (Å²) >= 11 is 1.34. The zero-order chi connectivity index (χ0) is 20.3. The second-order valence-electron chi connectivity index (χ2n) is 7.59. The van der Waals surface area contributed by atoms with E-state index in [2.05, 4.69) is 23.2 Å². The second-order valence-corrected chi connectivity index (χ2v) is 8.90. The number of aryl methyl sites for hydroxylation is 2. The summed E-state index contributed by atoms with van der Waals surface area (Å²) in [7, 11) is 0. The summed E-state index contributed by atoms with van der Waals surface area (Å²) in [5, 5.41) is 8.54. The van der Waals surface area contributed by atoms with Crippen LogP contribution >= 0.6 is 11.8 Å². The van der Waals surface area contributed by atoms with Crippen molar-refractivity contribution >= 4 is 17.7 Å². The van der Waals surface area contributed by atoms with E-state index in [0.717, 1.165) is 37.2 Å². The third-order valence-electron chi connectivity index (χ3n) is 5.15. The molecule has 152 valence electrons. The summed E-state index contributed by atoms with van der Waals surface area (Å²) in [5.74, 6) is 8.29. The number of thioether (sulfide) groups is 1. The van der Waals surface area contributed by atoms with Crippen molar-refractivity contribution in [2.24, 2.45) is 5.92 Å². The van der Waals surface area contributed by atoms with Gasteiger partial charge in [-0.25, -0.2) is 4.68 Å². The van der Waals surface area contributed by atoms with Gasteiger partial charge in [-0.1, -0.05) is 36.4 Å². The van der Waals surface area contributed by atoms with Gasteiger partial charge in [0.25, 0.3) is 0 Å². The van der Waals surface area contributed by atoms with E-state index in [1.807, 2.05) is 37.8 Å². The Morgan fingerprint density at radius 1 is 1.32 bits per heavy atom. The van der Waals surface area contributed by atoms with Gasteiger partial charge in [-0.15, -0.1) is 10.2 Å². The van der Waals surface area contributed by atoms with Gasteiger partial charge < -0.3 is 15.5 Å². The van der Waals surface area contributed by atoms with Crippen LogP contribution in [0.2, 0.25) is 0 Å². The van der Waals surface area contributed by atoms with Crippen molar-refractivity contribution in [2.45, 2.75) is 57.5 Å². The second kappa shape index (κ2) is 8.86. The minimum atomic E-state index is -0.256. The topological polar surface area (TPSA) is 86.3 Å². The fourth-order valence-electron chi connectivity index (χ4n) is 3.28. The summed E-state index contributed by atoms with van der Waals surface area (Å²) < 4.78 is 7.25. The molecule has 8 heteroatoms. The fourth-order valence-corrected chi connectivity index (χ4v) is 4.16. The van der Waals surface area contributed by atoms with E-state index in [1.165, 1.54) is 22.0 Å². The molecule has 1 aliphatic rings. The van der Waals surface area contributed by atoms with Crippen molar-refractivity contribution < 1.29 is 9.53 Å². The fraction of sp³-hybridized carbons (Fsp3) is 0.550. The smallest absolute Gasteiger partial charge is 0.235 e. The summed E-state index contributed by atoms with van der Waals surface area (Å²) in [4.78, 5) is 14.6. The zero-order valence-electron chi connectivity index (χ0n) is 17.0. The van der Waals surface area contributed by atoms with Gasteiger partial charge in [-0.2, -0.15) is 0 Å². The molecule has 0 unspecified atom stereocenters. The molecule has 1 fully saturated rings. The Bertz CT molecular complexity index is 830. The molecular formula is C20H29N5O2S. The number of hydrogen-bond donors (Lipinski definition) is 1. The molecule has 0 radical (unpaired) electrons. The lowest BCUT2D eigenvalue weighted by Gasteiger charge is -2.31. The number of carbonyl (C=O) groups excluding carboxylic acids is 1. The highest BCUT2D eigenvalue weighted by molar-refractivity contribution is 8.00. The molecule has 1 aromatic heterocycles. The van der Waals surface area contributed by atoms with Gasteiger partial charge in [-0.05, 0) is 51.2 Å². The Balaban J connectivity index is 1.58. The first-order valence-electron chi connectivity index (χ1n) is 9.70. The van der Waals surface area contributed by atoms with E-state index in [0.29, 0.717) is 16.9 Å². The average molecular weight is 404 g/mol. The normalized spacial score (nSPS) is 16.2. The maximum Gasteiger partial charge on any atom is 0.235 e. The van der Waals surface area contributed by atoms with Crippen LogP contribution in [0, 0.1) is 19.8 Å². The number of nitrogens with two attached hydrogens (primary N) is 1. The third-order valence-corrected chi connectivity index (χ3v) is 6.19. The van der Waals surface area contributed by atoms with Gasteiger partial charge in [0.15, 0.2) is 5.82 Å². The van der Waals surface area contributed by atoms with Gasteiger partial charge in [0.2, 0.25) is 11.1 Å². The van der Waals surface area contributed by atoms with Crippen LogP contribution in [-0.2, 0) is 11.4 Å². The Morgan fingerprint density at radius 2 is 2.04 bits per heavy atom. The van der Waals surface area contributed by atoms with Gasteiger partial charge in [-0.3, -0.25) is 4.79 Å². The lowest BCUT2D eigenvalue weighted by atomic mass is 9.99. The average Bonchev–Trinajstić information content (AvgIpc) is 3.01. The molecule has 1 atom stereocenters. The number of likely N-dealkylation sites (tertiary alicyclic amines) is 1. The summed E-state index contributed by atoms with van der Waals surface area (Å²) in [6.45, 7) is 10.1. The van der Waals surface area contributed by atoms with Crippen LogP contribution in [0.4, 0.5) is 0 Å². The van der Waals surface area contributed by atoms with Crippen LogP contribution in [-0.4, -0.2) is 44.0 Å². The Kier molecular flexibility index (Phi) is 6.49. The van der Waals surface area contributed by atoms with E-state index in [9.17, 15) is 4.79 Å². The molecule has 1 aromatic carbocycles. The summed E-state index contributed by atoms with van der Waals surface area (Å²) in [6.07, 6.45) is 2.13. The van der Waals surface area contributed by atoms with Crippen LogP contribution < -0.4 is 10.6 Å². The van der Waals surface area contributed by atoms with E-state index in [1.54, 1.807) is 0 Å². The van der Waals surface area contributed by atoms with Crippen molar-refractivity contribution in [1.29, 1.82) is 0 Å². The van der Waals surface area contributed by atoms with Crippen molar-refractivity contribution in [3.63, 3.8) is 0 Å². The lowest BCUT2D eigenvalue weighted by molar-refractivity contribution is -0.131. The lowest BCUT2D eigenvalue weighted by Crippen LogP contribution is -2.41. The van der Waals surface area contributed by atoms with E-state index in [4.69, 9.17) is 10.6 Å². The van der Waals surface area contributed by atoms with Crippen molar-refractivity contribution in [3.05, 3.63) is 35.2 Å². The number of piperidine rings is 1. The van der Waals surface area contributed by atoms with E-state index >= 15 is 0 Å². The Morgan fingerprint density at radius 3 is 2.71 bits per heavy atom. The number of rotatable bonds is 6. The van der Waals surface area contributed by atoms with Gasteiger partial charge in [0.1, 0.15) is 12.4 Å². The molecule has 2 N–H and O–H groups in total. The molecule has 28 heavy (non-hydrogen) atoms. The first kappa shape index (κ1) is 20.5. The minimum absolute atomic E-state index is 0.132. The maximum absolute atomic E-state index is 12.7. The minimum Gasteiger partial charge on any atom is -0.485 e. The van der Waals surface area contributed by atoms with E-state index in [-0.39, 0.29) is 17.8 Å². The van der Waals surface area contributed by atoms with Crippen LogP contribution in [0.1, 0.15) is 43.6 Å². The first-order valence-corrected chi connectivity index (χ1v) is 10.6. The Labute approximate surface area is 170 Å². The predicted molar refractivity (Wildman–Crippen MR) is 111 cm³/mol. The molecule has 2 heterocycles. The molecule has 3 rings (SSSR count). The Hall–Kier alpha value is -2.22. The van der Waals surface area contributed by atoms with Crippen molar-refractivity contribution in [1.82, 2.24) is 19.8 Å². The molecule has 0 spiro atoms.